The highest BCUT2D eigenvalue weighted by Crippen LogP contribution is 2.22. The van der Waals surface area contributed by atoms with Gasteiger partial charge in [-0.25, -0.2) is 10.4 Å². The van der Waals surface area contributed by atoms with Crippen LogP contribution in [-0.2, 0) is 4.79 Å². The van der Waals surface area contributed by atoms with Crippen LogP contribution in [0.5, 0.6) is 0 Å². The average molecular weight is 519 g/mol. The number of amides is 1. The Morgan fingerprint density at radius 1 is 0.868 bits per heavy atom. The Labute approximate surface area is 225 Å². The van der Waals surface area contributed by atoms with Gasteiger partial charge in [-0.05, 0) is 54.8 Å². The highest BCUT2D eigenvalue weighted by atomic mass is 32.2. The van der Waals surface area contributed by atoms with Crippen molar-refractivity contribution in [2.45, 2.75) is 19.0 Å². The van der Waals surface area contributed by atoms with Crippen molar-refractivity contribution in [3.63, 3.8) is 0 Å². The van der Waals surface area contributed by atoms with Gasteiger partial charge in [0, 0.05) is 0 Å². The van der Waals surface area contributed by atoms with Gasteiger partial charge in [-0.3, -0.25) is 14.2 Å². The van der Waals surface area contributed by atoms with Crippen LogP contribution in [0.25, 0.3) is 27.7 Å². The van der Waals surface area contributed by atoms with Gasteiger partial charge in [0.05, 0.1) is 28.1 Å². The van der Waals surface area contributed by atoms with Crippen LogP contribution < -0.4 is 11.0 Å². The molecule has 0 bridgehead atoms. The molecule has 5 aromatic rings. The minimum Gasteiger partial charge on any atom is -0.272 e. The lowest BCUT2D eigenvalue weighted by molar-refractivity contribution is -0.118. The van der Waals surface area contributed by atoms with Gasteiger partial charge in [-0.1, -0.05) is 96.2 Å². The van der Waals surface area contributed by atoms with E-state index in [-0.39, 0.29) is 17.2 Å². The second kappa shape index (κ2) is 11.3. The van der Waals surface area contributed by atoms with Gasteiger partial charge in [-0.2, -0.15) is 5.10 Å². The number of fused-ring (bicyclic) bond motifs is 1. The smallest absolute Gasteiger partial charge is 0.266 e. The summed E-state index contributed by atoms with van der Waals surface area (Å²) in [5, 5.41) is 5.26. The molecular formula is C31H26N4O2S. The van der Waals surface area contributed by atoms with Crippen LogP contribution in [0.4, 0.5) is 0 Å². The lowest BCUT2D eigenvalue weighted by Crippen LogP contribution is -2.24. The maximum Gasteiger partial charge on any atom is 0.266 e. The molecule has 0 saturated carbocycles. The van der Waals surface area contributed by atoms with Crippen molar-refractivity contribution in [3.05, 3.63) is 125 Å². The van der Waals surface area contributed by atoms with E-state index >= 15 is 0 Å². The minimum atomic E-state index is -0.284. The molecule has 4 aromatic carbocycles. The van der Waals surface area contributed by atoms with Crippen molar-refractivity contribution in [3.8, 4) is 16.8 Å². The summed E-state index contributed by atoms with van der Waals surface area (Å²) in [6, 6.07) is 33.1. The molecule has 6 nitrogen and oxygen atoms in total. The number of benzene rings is 4. The number of rotatable bonds is 7. The normalized spacial score (nSPS) is 11.5. The van der Waals surface area contributed by atoms with Gasteiger partial charge in [-0.15, -0.1) is 0 Å². The summed E-state index contributed by atoms with van der Waals surface area (Å²) >= 11 is 1.20. The van der Waals surface area contributed by atoms with E-state index in [9.17, 15) is 9.59 Å². The van der Waals surface area contributed by atoms with E-state index in [2.05, 4.69) is 22.7 Å². The SMILES string of the molecule is C/C(=N\NC(=O)CSc1nc2ccccc2c(=O)n1-c1ccc(C)cc1)c1ccc(-c2ccccc2)cc1. The predicted molar refractivity (Wildman–Crippen MR) is 155 cm³/mol. The zero-order valence-corrected chi connectivity index (χ0v) is 21.9. The van der Waals surface area contributed by atoms with Crippen LogP contribution >= 0.6 is 11.8 Å². The topological polar surface area (TPSA) is 76.3 Å². The fraction of sp³-hybridized carbons (Fsp3) is 0.0968. The Bertz CT molecular complexity index is 1680. The third-order valence-electron chi connectivity index (χ3n) is 6.13. The lowest BCUT2D eigenvalue weighted by Gasteiger charge is -2.13. The average Bonchev–Trinajstić information content (AvgIpc) is 2.96. The Balaban J connectivity index is 1.31. The number of carbonyl (C=O) groups is 1. The molecular weight excluding hydrogens is 492 g/mol. The van der Waals surface area contributed by atoms with Crippen LogP contribution in [0.2, 0.25) is 0 Å². The molecule has 0 unspecified atom stereocenters. The van der Waals surface area contributed by atoms with E-state index in [1.165, 1.54) is 11.8 Å². The van der Waals surface area contributed by atoms with Crippen LogP contribution in [0.15, 0.2) is 118 Å². The van der Waals surface area contributed by atoms with Crippen molar-refractivity contribution in [2.75, 3.05) is 5.75 Å². The third kappa shape index (κ3) is 5.58. The zero-order valence-electron chi connectivity index (χ0n) is 21.1. The molecule has 1 amide bonds. The quantitative estimate of drug-likeness (QED) is 0.124. The van der Waals surface area contributed by atoms with Crippen LogP contribution in [0, 0.1) is 6.92 Å². The number of aryl methyl sites for hydroxylation is 1. The fourth-order valence-corrected chi connectivity index (χ4v) is 4.84. The lowest BCUT2D eigenvalue weighted by atomic mass is 10.0. The van der Waals surface area contributed by atoms with Gasteiger partial charge in [0.25, 0.3) is 11.5 Å². The Kier molecular flexibility index (Phi) is 7.47. The summed E-state index contributed by atoms with van der Waals surface area (Å²) in [6.07, 6.45) is 0. The van der Waals surface area contributed by atoms with Crippen molar-refractivity contribution >= 4 is 34.3 Å². The van der Waals surface area contributed by atoms with E-state index in [1.54, 1.807) is 16.7 Å². The first-order chi connectivity index (χ1) is 18.5. The predicted octanol–water partition coefficient (Wildman–Crippen LogP) is 5.99. The minimum absolute atomic E-state index is 0.0559. The molecule has 1 N–H and O–H groups in total. The van der Waals surface area contributed by atoms with Crippen molar-refractivity contribution in [2.24, 2.45) is 5.10 Å². The van der Waals surface area contributed by atoms with E-state index in [4.69, 9.17) is 4.98 Å². The standard InChI is InChI=1S/C31H26N4O2S/c1-21-12-18-26(19-13-21)35-30(37)27-10-6-7-11-28(27)32-31(35)38-20-29(36)34-33-22(2)23-14-16-25(17-15-23)24-8-4-3-5-9-24/h3-19H,20H2,1-2H3,(H,34,36)/b33-22+. The molecule has 0 saturated heterocycles. The number of aromatic nitrogens is 2. The number of nitrogens with zero attached hydrogens (tertiary/aromatic N) is 3. The largest absolute Gasteiger partial charge is 0.272 e. The third-order valence-corrected chi connectivity index (χ3v) is 7.07. The second-order valence-electron chi connectivity index (χ2n) is 8.85. The van der Waals surface area contributed by atoms with E-state index in [1.807, 2.05) is 92.7 Å². The molecule has 0 radical (unpaired) electrons. The van der Waals surface area contributed by atoms with E-state index in [0.717, 1.165) is 22.3 Å². The van der Waals surface area contributed by atoms with E-state index < -0.39 is 0 Å². The van der Waals surface area contributed by atoms with Gasteiger partial charge in [0.2, 0.25) is 0 Å². The van der Waals surface area contributed by atoms with E-state index in [0.29, 0.717) is 27.5 Å². The molecule has 188 valence electrons. The number of thioether (sulfide) groups is 1. The van der Waals surface area contributed by atoms with Crippen molar-refractivity contribution < 1.29 is 4.79 Å². The summed E-state index contributed by atoms with van der Waals surface area (Å²) in [4.78, 5) is 30.7. The summed E-state index contributed by atoms with van der Waals surface area (Å²) < 4.78 is 1.56. The Morgan fingerprint density at radius 2 is 1.53 bits per heavy atom. The highest BCUT2D eigenvalue weighted by molar-refractivity contribution is 7.99. The summed E-state index contributed by atoms with van der Waals surface area (Å²) in [5.74, 6) is -0.228. The number of hydrogen-bond acceptors (Lipinski definition) is 5. The Hall–Kier alpha value is -4.49. The summed E-state index contributed by atoms with van der Waals surface area (Å²) in [6.45, 7) is 3.84. The molecule has 0 fully saturated rings. The zero-order chi connectivity index (χ0) is 26.5. The summed E-state index contributed by atoms with van der Waals surface area (Å²) in [7, 11) is 0. The van der Waals surface area contributed by atoms with Gasteiger partial charge < -0.3 is 0 Å². The number of nitrogens with one attached hydrogen (secondary N) is 1. The highest BCUT2D eigenvalue weighted by Gasteiger charge is 2.15. The summed E-state index contributed by atoms with van der Waals surface area (Å²) in [5.41, 5.74) is 8.72. The van der Waals surface area contributed by atoms with Gasteiger partial charge >= 0.3 is 0 Å². The molecule has 0 spiro atoms. The van der Waals surface area contributed by atoms with Crippen molar-refractivity contribution in [1.29, 1.82) is 0 Å². The molecule has 0 aliphatic carbocycles. The molecule has 0 atom stereocenters. The first-order valence-electron chi connectivity index (χ1n) is 12.2. The van der Waals surface area contributed by atoms with Crippen LogP contribution in [-0.4, -0.2) is 26.9 Å². The molecule has 5 rings (SSSR count). The number of hydrogen-bond donors (Lipinski definition) is 1. The number of para-hydroxylation sites is 1. The fourth-order valence-electron chi connectivity index (χ4n) is 4.04. The molecule has 1 heterocycles. The monoisotopic (exact) mass is 518 g/mol. The Morgan fingerprint density at radius 3 is 2.26 bits per heavy atom. The number of carbonyl (C=O) groups excluding carboxylic acids is 1. The number of hydrazone groups is 1. The molecule has 7 heteroatoms. The first kappa shape index (κ1) is 25.2. The maximum atomic E-state index is 13.4. The van der Waals surface area contributed by atoms with Crippen molar-refractivity contribution in [1.82, 2.24) is 15.0 Å². The van der Waals surface area contributed by atoms with Crippen LogP contribution in [0.1, 0.15) is 18.1 Å². The molecule has 1 aromatic heterocycles. The maximum absolute atomic E-state index is 13.4. The molecule has 38 heavy (non-hydrogen) atoms. The van der Waals surface area contributed by atoms with Gasteiger partial charge in [0.1, 0.15) is 0 Å². The van der Waals surface area contributed by atoms with Crippen LogP contribution in [0.3, 0.4) is 0 Å². The van der Waals surface area contributed by atoms with Gasteiger partial charge in [0.15, 0.2) is 5.16 Å². The second-order valence-corrected chi connectivity index (χ2v) is 9.79. The molecule has 0 aliphatic heterocycles. The molecule has 0 aliphatic rings. The first-order valence-corrected chi connectivity index (χ1v) is 13.2.